The third kappa shape index (κ3) is 2.10. The molecular weight excluding hydrogens is 294 g/mol. The maximum absolute atomic E-state index is 12.4. The molecule has 3 fully saturated rings. The predicted octanol–water partition coefficient (Wildman–Crippen LogP) is 4.72. The molecule has 0 aromatic rings. The van der Waals surface area contributed by atoms with Gasteiger partial charge in [0, 0.05) is 30.6 Å². The van der Waals surface area contributed by atoms with Gasteiger partial charge < -0.3 is 4.90 Å². The Morgan fingerprint density at radius 1 is 1.08 bits per heavy atom. The third-order valence-electron chi connectivity index (χ3n) is 8.33. The number of ketones is 1. The van der Waals surface area contributed by atoms with Crippen molar-refractivity contribution >= 4 is 5.78 Å². The van der Waals surface area contributed by atoms with Crippen LogP contribution in [0.5, 0.6) is 0 Å². The van der Waals surface area contributed by atoms with Crippen LogP contribution in [0.1, 0.15) is 64.7 Å². The molecule has 0 spiro atoms. The van der Waals surface area contributed by atoms with Crippen molar-refractivity contribution in [3.63, 3.8) is 0 Å². The SMILES string of the molecule is C[C@]12CC[C@H]3[C@@H](CC=C4C=C(N5CCCC5)CC[C@@H]43)[C@@H]1CCC2=O. The Labute approximate surface area is 146 Å². The van der Waals surface area contributed by atoms with E-state index in [0.29, 0.717) is 11.7 Å². The number of fused-ring (bicyclic) bond motifs is 5. The van der Waals surface area contributed by atoms with E-state index < -0.39 is 0 Å². The van der Waals surface area contributed by atoms with Crippen LogP contribution in [0, 0.1) is 29.1 Å². The zero-order valence-electron chi connectivity index (χ0n) is 15.1. The predicted molar refractivity (Wildman–Crippen MR) is 96.4 cm³/mol. The molecule has 130 valence electrons. The van der Waals surface area contributed by atoms with Gasteiger partial charge in [-0.15, -0.1) is 0 Å². The first-order valence-electron chi connectivity index (χ1n) is 10.4. The van der Waals surface area contributed by atoms with Crippen molar-refractivity contribution in [2.75, 3.05) is 13.1 Å². The summed E-state index contributed by atoms with van der Waals surface area (Å²) in [6.07, 6.45) is 16.2. The van der Waals surface area contributed by atoms with Crippen LogP contribution in [0.15, 0.2) is 23.4 Å². The second kappa shape index (κ2) is 5.47. The van der Waals surface area contributed by atoms with Crippen LogP contribution in [-0.4, -0.2) is 23.8 Å². The Bertz CT molecular complexity index is 611. The van der Waals surface area contributed by atoms with Crippen LogP contribution < -0.4 is 0 Å². The lowest BCUT2D eigenvalue weighted by atomic mass is 9.53. The van der Waals surface area contributed by atoms with Gasteiger partial charge in [0.25, 0.3) is 0 Å². The van der Waals surface area contributed by atoms with Gasteiger partial charge in [0.15, 0.2) is 0 Å². The van der Waals surface area contributed by atoms with Gasteiger partial charge in [0.2, 0.25) is 0 Å². The Balaban J connectivity index is 1.41. The lowest BCUT2D eigenvalue weighted by molar-refractivity contribution is -0.130. The van der Waals surface area contributed by atoms with Crippen LogP contribution in [0.2, 0.25) is 0 Å². The van der Waals surface area contributed by atoms with Crippen molar-refractivity contribution in [3.8, 4) is 0 Å². The normalized spacial score (nSPS) is 44.5. The summed E-state index contributed by atoms with van der Waals surface area (Å²) in [6.45, 7) is 4.84. The molecule has 0 radical (unpaired) electrons. The van der Waals surface area contributed by atoms with E-state index in [1.165, 1.54) is 58.0 Å². The van der Waals surface area contributed by atoms with Crippen molar-refractivity contribution < 1.29 is 4.79 Å². The molecule has 0 N–H and O–H groups in total. The minimum atomic E-state index is 0.0255. The zero-order valence-corrected chi connectivity index (χ0v) is 15.1. The molecule has 2 nitrogen and oxygen atoms in total. The Kier molecular flexibility index (Phi) is 3.47. The molecule has 0 aromatic heterocycles. The van der Waals surface area contributed by atoms with E-state index >= 15 is 0 Å². The van der Waals surface area contributed by atoms with E-state index in [9.17, 15) is 4.79 Å². The topological polar surface area (TPSA) is 20.3 Å². The fraction of sp³-hybridized carbons (Fsp3) is 0.773. The number of Topliss-reactive ketones (excluding diaryl/α,β-unsaturated/α-hetero) is 1. The van der Waals surface area contributed by atoms with Crippen LogP contribution in [0.25, 0.3) is 0 Å². The first-order chi connectivity index (χ1) is 11.7. The van der Waals surface area contributed by atoms with E-state index in [1.54, 1.807) is 11.3 Å². The first kappa shape index (κ1) is 15.2. The maximum atomic E-state index is 12.4. The number of carbonyl (C=O) groups excluding carboxylic acids is 1. The first-order valence-corrected chi connectivity index (χ1v) is 10.4. The molecule has 2 saturated carbocycles. The fourth-order valence-corrected chi connectivity index (χ4v) is 6.97. The van der Waals surface area contributed by atoms with Gasteiger partial charge in [-0.3, -0.25) is 4.79 Å². The van der Waals surface area contributed by atoms with Crippen LogP contribution in [0.3, 0.4) is 0 Å². The van der Waals surface area contributed by atoms with E-state index in [2.05, 4.69) is 24.0 Å². The molecule has 1 saturated heterocycles. The molecule has 5 rings (SSSR count). The molecule has 0 bridgehead atoms. The summed E-state index contributed by atoms with van der Waals surface area (Å²) < 4.78 is 0. The van der Waals surface area contributed by atoms with E-state index in [4.69, 9.17) is 0 Å². The van der Waals surface area contributed by atoms with Gasteiger partial charge in [-0.05, 0) is 86.7 Å². The highest BCUT2D eigenvalue weighted by Crippen LogP contribution is 2.59. The van der Waals surface area contributed by atoms with Gasteiger partial charge in [0.05, 0.1) is 0 Å². The summed E-state index contributed by atoms with van der Waals surface area (Å²) in [5.41, 5.74) is 3.29. The van der Waals surface area contributed by atoms with Crippen LogP contribution in [-0.2, 0) is 4.79 Å². The van der Waals surface area contributed by atoms with Gasteiger partial charge in [-0.2, -0.15) is 0 Å². The number of rotatable bonds is 1. The molecule has 5 aliphatic rings. The van der Waals surface area contributed by atoms with Crippen molar-refractivity contribution in [2.24, 2.45) is 29.1 Å². The minimum Gasteiger partial charge on any atom is -0.375 e. The molecule has 2 heteroatoms. The molecule has 1 aliphatic heterocycles. The highest BCUT2D eigenvalue weighted by Gasteiger charge is 2.55. The molecule has 4 aliphatic carbocycles. The number of hydrogen-bond donors (Lipinski definition) is 0. The Hall–Kier alpha value is -1.05. The molecular formula is C22H31NO. The Morgan fingerprint density at radius 3 is 2.75 bits per heavy atom. The van der Waals surface area contributed by atoms with E-state index in [1.807, 2.05) is 0 Å². The average molecular weight is 325 g/mol. The number of nitrogens with zero attached hydrogens (tertiary/aromatic N) is 1. The minimum absolute atomic E-state index is 0.0255. The van der Waals surface area contributed by atoms with Gasteiger partial charge in [-0.1, -0.05) is 13.0 Å². The molecule has 5 atom stereocenters. The summed E-state index contributed by atoms with van der Waals surface area (Å²) in [4.78, 5) is 15.1. The largest absolute Gasteiger partial charge is 0.375 e. The fourth-order valence-electron chi connectivity index (χ4n) is 6.97. The monoisotopic (exact) mass is 325 g/mol. The van der Waals surface area contributed by atoms with Crippen molar-refractivity contribution in [2.45, 2.75) is 64.7 Å². The maximum Gasteiger partial charge on any atom is 0.139 e. The molecule has 0 amide bonds. The third-order valence-corrected chi connectivity index (χ3v) is 8.33. The van der Waals surface area contributed by atoms with Crippen LogP contribution in [0.4, 0.5) is 0 Å². The van der Waals surface area contributed by atoms with E-state index in [0.717, 1.165) is 30.6 Å². The lowest BCUT2D eigenvalue weighted by Gasteiger charge is -2.51. The molecule has 24 heavy (non-hydrogen) atoms. The highest BCUT2D eigenvalue weighted by atomic mass is 16.1. The number of likely N-dealkylation sites (tertiary alicyclic amines) is 1. The quantitative estimate of drug-likeness (QED) is 0.695. The summed E-state index contributed by atoms with van der Waals surface area (Å²) in [7, 11) is 0. The molecule has 0 aromatic carbocycles. The second-order valence-corrected chi connectivity index (χ2v) is 9.27. The summed E-state index contributed by atoms with van der Waals surface area (Å²) >= 11 is 0. The second-order valence-electron chi connectivity index (χ2n) is 9.27. The smallest absolute Gasteiger partial charge is 0.139 e. The van der Waals surface area contributed by atoms with Gasteiger partial charge in [-0.25, -0.2) is 0 Å². The van der Waals surface area contributed by atoms with Gasteiger partial charge in [0.1, 0.15) is 5.78 Å². The van der Waals surface area contributed by atoms with Crippen molar-refractivity contribution in [1.29, 1.82) is 0 Å². The summed E-state index contributed by atoms with van der Waals surface area (Å²) in [5, 5.41) is 0. The Morgan fingerprint density at radius 2 is 1.92 bits per heavy atom. The molecule has 0 unspecified atom stereocenters. The number of carbonyl (C=O) groups is 1. The van der Waals surface area contributed by atoms with Crippen molar-refractivity contribution in [3.05, 3.63) is 23.4 Å². The van der Waals surface area contributed by atoms with Gasteiger partial charge >= 0.3 is 0 Å². The van der Waals surface area contributed by atoms with Crippen molar-refractivity contribution in [1.82, 2.24) is 4.90 Å². The zero-order chi connectivity index (χ0) is 16.3. The summed E-state index contributed by atoms with van der Waals surface area (Å²) in [5.74, 6) is 3.66. The average Bonchev–Trinajstić information content (AvgIpc) is 3.23. The number of allylic oxidation sites excluding steroid dienone is 4. The molecule has 1 heterocycles. The number of hydrogen-bond acceptors (Lipinski definition) is 2. The lowest BCUT2D eigenvalue weighted by Crippen LogP contribution is -2.45. The highest BCUT2D eigenvalue weighted by molar-refractivity contribution is 5.87. The standard InChI is InChI=1S/C22H31NO/c1-22-11-10-18-17-7-5-16(23-12-2-3-13-23)14-15(17)4-6-19(18)20(22)8-9-21(22)24/h4,14,17-20H,2-3,5-13H2,1H3/t17-,18+,19+,20-,22-/m0/s1. The van der Waals surface area contributed by atoms with Crippen LogP contribution >= 0.6 is 0 Å². The summed E-state index contributed by atoms with van der Waals surface area (Å²) in [6, 6.07) is 0. The van der Waals surface area contributed by atoms with E-state index in [-0.39, 0.29) is 5.41 Å².